The molecule has 9 rings (SSSR count). The molecule has 5 aromatic carbocycles. The Morgan fingerprint density at radius 1 is 0.475 bits per heavy atom. The first-order chi connectivity index (χ1) is 19.9. The molecule has 0 saturated heterocycles. The lowest BCUT2D eigenvalue weighted by molar-refractivity contribution is 1.16. The molecule has 0 aliphatic carbocycles. The average Bonchev–Trinajstić information content (AvgIpc) is 3.55. The molecule has 0 spiro atoms. The monoisotopic (exact) mass is 510 g/mol. The van der Waals surface area contributed by atoms with Crippen LogP contribution in [0, 0.1) is 0 Å². The molecule has 0 amide bonds. The summed E-state index contributed by atoms with van der Waals surface area (Å²) >= 11 is 0. The molecule has 4 heterocycles. The Morgan fingerprint density at radius 2 is 1.18 bits per heavy atom. The zero-order valence-corrected chi connectivity index (χ0v) is 21.5. The SMILES string of the molecule is c1ccc(-n2c3ccccc3c3c4cccnc4c4c5ccccc5n(-c5cccc6cnccc56)c4c32)cc1. The number of nitrogens with zero attached hydrogens (tertiary/aromatic N) is 4. The van der Waals surface area contributed by atoms with Gasteiger partial charge >= 0.3 is 0 Å². The molecule has 0 aliphatic heterocycles. The minimum absolute atomic E-state index is 1.03. The highest BCUT2D eigenvalue weighted by Gasteiger charge is 2.25. The highest BCUT2D eigenvalue weighted by molar-refractivity contribution is 6.35. The third-order valence-corrected chi connectivity index (χ3v) is 8.20. The molecule has 0 N–H and O–H groups in total. The van der Waals surface area contributed by atoms with E-state index in [-0.39, 0.29) is 0 Å². The normalized spacial score (nSPS) is 12.0. The smallest absolute Gasteiger partial charge is 0.0811 e. The maximum atomic E-state index is 5.04. The van der Waals surface area contributed by atoms with Gasteiger partial charge in [0.1, 0.15) is 0 Å². The van der Waals surface area contributed by atoms with E-state index in [1.54, 1.807) is 0 Å². The lowest BCUT2D eigenvalue weighted by Gasteiger charge is -2.15. The molecule has 0 bridgehead atoms. The lowest BCUT2D eigenvalue weighted by atomic mass is 10.0. The van der Waals surface area contributed by atoms with E-state index in [0.29, 0.717) is 0 Å². The summed E-state index contributed by atoms with van der Waals surface area (Å²) in [5.41, 5.74) is 7.98. The van der Waals surface area contributed by atoms with Crippen molar-refractivity contribution in [2.45, 2.75) is 0 Å². The zero-order chi connectivity index (χ0) is 26.2. The number of aromatic nitrogens is 4. The number of pyridine rings is 2. The van der Waals surface area contributed by atoms with Gasteiger partial charge in [0.15, 0.2) is 0 Å². The number of benzene rings is 5. The molecule has 0 radical (unpaired) electrons. The van der Waals surface area contributed by atoms with Gasteiger partial charge in [-0.05, 0) is 42.5 Å². The van der Waals surface area contributed by atoms with Crippen LogP contribution >= 0.6 is 0 Å². The molecule has 9 aromatic rings. The minimum Gasteiger partial charge on any atom is -0.307 e. The standard InChI is InChI=1S/C36H22N4/c1-2-11-24(12-3-1)39-30-16-6-4-13-26(30)32-28-15-9-20-38-34(28)33-27-14-5-7-17-31(27)40(36(33)35(32)39)29-18-8-10-23-22-37-21-19-25(23)29/h1-22H. The molecule has 40 heavy (non-hydrogen) atoms. The van der Waals surface area contributed by atoms with Gasteiger partial charge in [-0.2, -0.15) is 0 Å². The molecular formula is C36H22N4. The summed E-state index contributed by atoms with van der Waals surface area (Å²) in [4.78, 5) is 9.45. The van der Waals surface area contributed by atoms with Crippen LogP contribution in [0.5, 0.6) is 0 Å². The predicted molar refractivity (Wildman–Crippen MR) is 166 cm³/mol. The molecule has 0 atom stereocenters. The van der Waals surface area contributed by atoms with Gasteiger partial charge < -0.3 is 9.13 Å². The van der Waals surface area contributed by atoms with Crippen molar-refractivity contribution in [1.29, 1.82) is 0 Å². The number of hydrogen-bond acceptors (Lipinski definition) is 2. The quantitative estimate of drug-likeness (QED) is 0.233. The van der Waals surface area contributed by atoms with Gasteiger partial charge in [-0.3, -0.25) is 9.97 Å². The summed E-state index contributed by atoms with van der Waals surface area (Å²) < 4.78 is 4.88. The molecule has 186 valence electrons. The first-order valence-electron chi connectivity index (χ1n) is 13.5. The van der Waals surface area contributed by atoms with Crippen molar-refractivity contribution in [3.63, 3.8) is 0 Å². The van der Waals surface area contributed by atoms with Crippen molar-refractivity contribution < 1.29 is 0 Å². The van der Waals surface area contributed by atoms with Crippen molar-refractivity contribution in [1.82, 2.24) is 19.1 Å². The fourth-order valence-electron chi connectivity index (χ4n) is 6.64. The summed E-state index contributed by atoms with van der Waals surface area (Å²) in [6.07, 6.45) is 5.74. The van der Waals surface area contributed by atoms with Gasteiger partial charge in [-0.1, -0.05) is 72.8 Å². The van der Waals surface area contributed by atoms with E-state index in [1.165, 1.54) is 38.0 Å². The van der Waals surface area contributed by atoms with Crippen molar-refractivity contribution in [3.8, 4) is 11.4 Å². The van der Waals surface area contributed by atoms with E-state index in [2.05, 4.69) is 129 Å². The molecule has 4 nitrogen and oxygen atoms in total. The molecule has 0 aliphatic rings. The number of rotatable bonds is 2. The summed E-state index contributed by atoms with van der Waals surface area (Å²) in [5.74, 6) is 0. The van der Waals surface area contributed by atoms with E-state index in [4.69, 9.17) is 4.98 Å². The lowest BCUT2D eigenvalue weighted by Crippen LogP contribution is -2.00. The van der Waals surface area contributed by atoms with E-state index < -0.39 is 0 Å². The Labute approximate surface area is 229 Å². The second-order valence-electron chi connectivity index (χ2n) is 10.3. The highest BCUT2D eigenvalue weighted by atomic mass is 15.0. The molecule has 4 aromatic heterocycles. The fraction of sp³-hybridized carbons (Fsp3) is 0. The highest BCUT2D eigenvalue weighted by Crippen LogP contribution is 2.46. The maximum Gasteiger partial charge on any atom is 0.0811 e. The Hall–Kier alpha value is -5.48. The Kier molecular flexibility index (Phi) is 4.30. The maximum absolute atomic E-state index is 5.04. The van der Waals surface area contributed by atoms with Crippen LogP contribution < -0.4 is 0 Å². The second kappa shape index (κ2) is 8.01. The molecule has 0 fully saturated rings. The van der Waals surface area contributed by atoms with E-state index >= 15 is 0 Å². The topological polar surface area (TPSA) is 35.6 Å². The van der Waals surface area contributed by atoms with Crippen molar-refractivity contribution in [2.75, 3.05) is 0 Å². The van der Waals surface area contributed by atoms with Crippen LogP contribution in [0.1, 0.15) is 0 Å². The van der Waals surface area contributed by atoms with Gasteiger partial charge in [-0.15, -0.1) is 0 Å². The van der Waals surface area contributed by atoms with Crippen LogP contribution in [0.2, 0.25) is 0 Å². The predicted octanol–water partition coefficient (Wildman–Crippen LogP) is 8.98. The molecule has 0 unspecified atom stereocenters. The van der Waals surface area contributed by atoms with Crippen molar-refractivity contribution >= 4 is 65.3 Å². The van der Waals surface area contributed by atoms with Crippen LogP contribution in [0.15, 0.2) is 134 Å². The van der Waals surface area contributed by atoms with Crippen LogP contribution in [-0.2, 0) is 0 Å². The van der Waals surface area contributed by atoms with E-state index in [0.717, 1.165) is 38.7 Å². The number of hydrogen-bond donors (Lipinski definition) is 0. The van der Waals surface area contributed by atoms with Gasteiger partial charge in [0.25, 0.3) is 0 Å². The summed E-state index contributed by atoms with van der Waals surface area (Å²) in [7, 11) is 0. The van der Waals surface area contributed by atoms with Crippen LogP contribution in [0.25, 0.3) is 76.7 Å². The van der Waals surface area contributed by atoms with Crippen molar-refractivity contribution in [3.05, 3.63) is 134 Å². The van der Waals surface area contributed by atoms with Crippen LogP contribution in [0.3, 0.4) is 0 Å². The first-order valence-corrected chi connectivity index (χ1v) is 13.5. The third-order valence-electron chi connectivity index (χ3n) is 8.20. The van der Waals surface area contributed by atoms with E-state index in [1.807, 2.05) is 18.6 Å². The number of para-hydroxylation sites is 3. The van der Waals surface area contributed by atoms with Gasteiger partial charge in [-0.25, -0.2) is 0 Å². The van der Waals surface area contributed by atoms with E-state index in [9.17, 15) is 0 Å². The minimum atomic E-state index is 1.03. The first kappa shape index (κ1) is 21.5. The largest absolute Gasteiger partial charge is 0.307 e. The molecule has 0 saturated carbocycles. The Balaban J connectivity index is 1.67. The average molecular weight is 511 g/mol. The summed E-state index contributed by atoms with van der Waals surface area (Å²) in [6, 6.07) is 41.0. The summed E-state index contributed by atoms with van der Waals surface area (Å²) in [5, 5.41) is 8.26. The van der Waals surface area contributed by atoms with Crippen molar-refractivity contribution in [2.24, 2.45) is 0 Å². The van der Waals surface area contributed by atoms with Crippen LogP contribution in [-0.4, -0.2) is 19.1 Å². The second-order valence-corrected chi connectivity index (χ2v) is 10.3. The van der Waals surface area contributed by atoms with Crippen LogP contribution in [0.4, 0.5) is 0 Å². The molecular weight excluding hydrogens is 488 g/mol. The third kappa shape index (κ3) is 2.74. The van der Waals surface area contributed by atoms with Gasteiger partial charge in [0.2, 0.25) is 0 Å². The number of fused-ring (bicyclic) bond motifs is 11. The van der Waals surface area contributed by atoms with Gasteiger partial charge in [0.05, 0.1) is 33.3 Å². The molecule has 4 heteroatoms. The zero-order valence-electron chi connectivity index (χ0n) is 21.5. The fourth-order valence-corrected chi connectivity index (χ4v) is 6.64. The summed E-state index contributed by atoms with van der Waals surface area (Å²) in [6.45, 7) is 0. The Morgan fingerprint density at radius 3 is 2.02 bits per heavy atom. The Bertz CT molecular complexity index is 2430. The van der Waals surface area contributed by atoms with Gasteiger partial charge in [0, 0.05) is 62.0 Å².